The quantitative estimate of drug-likeness (QED) is 0.0861. The summed E-state index contributed by atoms with van der Waals surface area (Å²) in [5, 5.41) is 36.8. The Morgan fingerprint density at radius 1 is 0.958 bits per heavy atom. The first kappa shape index (κ1) is 50.2. The number of sulfonamides is 1. The molecule has 1 amide bonds. The predicted octanol–water partition coefficient (Wildman–Crippen LogP) is 6.18. The average Bonchev–Trinajstić information content (AvgIpc) is 3.71. The van der Waals surface area contributed by atoms with Crippen LogP contribution in [0.15, 0.2) is 89.5 Å². The normalized spacial score (nSPS) is 22.4. The minimum atomic E-state index is -4.63. The number of rotatable bonds is 10. The van der Waals surface area contributed by atoms with E-state index in [2.05, 4.69) is 50.8 Å². The fraction of sp³-hybridized carbons (Fsp3) is 0.462. The van der Waals surface area contributed by atoms with Crippen molar-refractivity contribution in [2.75, 3.05) is 94.0 Å². The molecule has 384 valence electrons. The van der Waals surface area contributed by atoms with Crippen molar-refractivity contribution in [3.8, 4) is 5.88 Å². The third-order valence-electron chi connectivity index (χ3n) is 14.6. The summed E-state index contributed by atoms with van der Waals surface area (Å²) in [6.45, 7) is 10.6. The molecule has 3 aromatic carbocycles. The van der Waals surface area contributed by atoms with Crippen LogP contribution in [0.5, 0.6) is 5.88 Å². The minimum Gasteiger partial charge on any atom is -0.595 e. The molecule has 2 unspecified atom stereocenters. The van der Waals surface area contributed by atoms with Crippen LogP contribution in [0.1, 0.15) is 68.3 Å². The van der Waals surface area contributed by atoms with Gasteiger partial charge in [0.25, 0.3) is 15.9 Å². The lowest BCUT2D eigenvalue weighted by atomic mass is 9.71. The van der Waals surface area contributed by atoms with Crippen molar-refractivity contribution in [1.82, 2.24) is 19.6 Å². The van der Waals surface area contributed by atoms with E-state index in [1.54, 1.807) is 12.3 Å². The van der Waals surface area contributed by atoms with Gasteiger partial charge in [-0.3, -0.25) is 9.69 Å². The molecule has 3 saturated heterocycles. The number of fused-ring (bicyclic) bond motifs is 4. The van der Waals surface area contributed by atoms with Gasteiger partial charge in [0.05, 0.1) is 52.8 Å². The largest absolute Gasteiger partial charge is 0.595 e. The highest BCUT2D eigenvalue weighted by atomic mass is 35.5. The van der Waals surface area contributed by atoms with Gasteiger partial charge in [-0.05, 0) is 102 Å². The summed E-state index contributed by atoms with van der Waals surface area (Å²) < 4.78 is 55.1. The van der Waals surface area contributed by atoms with Gasteiger partial charge < -0.3 is 49.4 Å². The Kier molecular flexibility index (Phi) is 14.6. The van der Waals surface area contributed by atoms with Crippen LogP contribution in [0.4, 0.5) is 28.4 Å². The SMILES string of the molecule is CC1(C)CC(c2ccc(Cl)cc2)=C2CN3CCN(c4ccc(C(=O)NS(=O)(=O)c5ccc(NCC6(O)CCOCC6)c([NH+]([O-])O)c5)c(N5CCCOc6nc7[nH]ccc7cc65)c4)CC3COCCCO[C@@H]2C1. The highest BCUT2D eigenvalue weighted by Crippen LogP contribution is 2.46. The molecule has 6 N–H and O–H groups in total. The molecule has 5 aromatic rings. The molecular formula is C52H63ClN8O10S. The summed E-state index contributed by atoms with van der Waals surface area (Å²) in [4.78, 5) is 28.9. The number of piperazine rings is 1. The van der Waals surface area contributed by atoms with E-state index in [9.17, 15) is 28.7 Å². The van der Waals surface area contributed by atoms with Gasteiger partial charge in [-0.25, -0.2) is 18.3 Å². The number of aromatic nitrogens is 2. The van der Waals surface area contributed by atoms with E-state index in [1.807, 2.05) is 41.3 Å². The number of nitrogens with one attached hydrogen (secondary N) is 4. The van der Waals surface area contributed by atoms with Crippen LogP contribution in [-0.2, 0) is 24.2 Å². The lowest BCUT2D eigenvalue weighted by Gasteiger charge is -2.45. The van der Waals surface area contributed by atoms with E-state index in [1.165, 1.54) is 23.3 Å². The first-order chi connectivity index (χ1) is 34.6. The third-order valence-corrected chi connectivity index (χ3v) is 16.2. The molecular weight excluding hydrogens is 964 g/mol. The highest BCUT2D eigenvalue weighted by molar-refractivity contribution is 7.90. The van der Waals surface area contributed by atoms with Gasteiger partial charge in [0, 0.05) is 107 Å². The second-order valence-electron chi connectivity index (χ2n) is 20.3. The summed E-state index contributed by atoms with van der Waals surface area (Å²) in [6, 6.07) is 21.0. The number of aliphatic hydroxyl groups is 1. The molecule has 20 heteroatoms. The molecule has 0 saturated carbocycles. The average molecular weight is 1030 g/mol. The fourth-order valence-electron chi connectivity index (χ4n) is 10.7. The number of halogens is 1. The second kappa shape index (κ2) is 20.9. The molecule has 0 radical (unpaired) electrons. The van der Waals surface area contributed by atoms with E-state index in [-0.39, 0.29) is 41.0 Å². The van der Waals surface area contributed by atoms with Crippen LogP contribution in [0.2, 0.25) is 5.02 Å². The van der Waals surface area contributed by atoms with E-state index >= 15 is 0 Å². The van der Waals surface area contributed by atoms with E-state index in [0.717, 1.165) is 55.1 Å². The number of nitrogens with zero attached hydrogens (tertiary/aromatic N) is 4. The molecule has 10 rings (SSSR count). The lowest BCUT2D eigenvalue weighted by Crippen LogP contribution is -2.99. The van der Waals surface area contributed by atoms with E-state index in [4.69, 9.17) is 35.5 Å². The Morgan fingerprint density at radius 2 is 1.78 bits per heavy atom. The number of allylic oxidation sites excluding steroid dienone is 1. The Bertz CT molecular complexity index is 2930. The molecule has 4 aliphatic heterocycles. The van der Waals surface area contributed by atoms with E-state index < -0.39 is 31.7 Å². The molecule has 0 spiro atoms. The monoisotopic (exact) mass is 1030 g/mol. The van der Waals surface area contributed by atoms with Crippen LogP contribution < -0.4 is 29.8 Å². The number of ether oxygens (including phenoxy) is 4. The summed E-state index contributed by atoms with van der Waals surface area (Å²) in [6.07, 6.45) is 5.66. The number of amides is 1. The molecule has 6 heterocycles. The highest BCUT2D eigenvalue weighted by Gasteiger charge is 2.39. The standard InChI is InChI=1S/C52H63ClN8O10S/c1-51(2)28-41(34-5-7-36(53)8-6-34)42-31-59-19-18-58(30-38(59)32-69-20-4-22-70-47(42)29-51)37-9-11-40(44(26-37)60-17-3-21-71-50-46(60)25-35-13-16-54-48(35)56-50)49(62)57-72(66,67)39-10-12-43(45(27-39)61(64)65)55-33-52(63)14-23-68-24-15-52/h5-13,16,25-27,38,47,55,61,63-64H,3-4,14-15,17-24,28-33H2,1-2H3,(H,54,56)(H,57,62)/t38?,47-/m1/s1. The Labute approximate surface area is 424 Å². The van der Waals surface area contributed by atoms with Gasteiger partial charge in [-0.1, -0.05) is 37.6 Å². The number of pyridine rings is 1. The minimum absolute atomic E-state index is 0.00487. The number of H-pyrrole nitrogens is 1. The van der Waals surface area contributed by atoms with Gasteiger partial charge in [0.1, 0.15) is 11.3 Å². The maximum absolute atomic E-state index is 14.6. The van der Waals surface area contributed by atoms with Crippen molar-refractivity contribution in [2.24, 2.45) is 5.41 Å². The third kappa shape index (κ3) is 11.0. The lowest BCUT2D eigenvalue weighted by molar-refractivity contribution is -0.990. The smallest absolute Gasteiger partial charge is 0.267 e. The van der Waals surface area contributed by atoms with Crippen molar-refractivity contribution in [2.45, 2.75) is 75.0 Å². The molecule has 1 aliphatic carbocycles. The molecule has 3 fully saturated rings. The number of carbonyl (C=O) groups excluding carboxylic acids is 1. The Balaban J connectivity index is 0.967. The second-order valence-corrected chi connectivity index (χ2v) is 22.5. The predicted molar refractivity (Wildman–Crippen MR) is 274 cm³/mol. The Hall–Kier alpha value is -5.32. The number of aromatic amines is 1. The number of benzene rings is 3. The summed E-state index contributed by atoms with van der Waals surface area (Å²) >= 11 is 6.37. The number of quaternary nitrogens is 1. The van der Waals surface area contributed by atoms with Crippen molar-refractivity contribution in [1.29, 1.82) is 0 Å². The number of hydrogen-bond donors (Lipinski definition) is 6. The van der Waals surface area contributed by atoms with Gasteiger partial charge in [-0.2, -0.15) is 10.2 Å². The first-order valence-electron chi connectivity index (χ1n) is 24.8. The van der Waals surface area contributed by atoms with Gasteiger partial charge in [0.2, 0.25) is 5.88 Å². The summed E-state index contributed by atoms with van der Waals surface area (Å²) in [5.41, 5.74) is 5.10. The fourth-order valence-corrected chi connectivity index (χ4v) is 11.8. The van der Waals surface area contributed by atoms with Gasteiger partial charge >= 0.3 is 0 Å². The number of anilines is 4. The maximum Gasteiger partial charge on any atom is 0.267 e. The zero-order valence-corrected chi connectivity index (χ0v) is 42.2. The molecule has 72 heavy (non-hydrogen) atoms. The zero-order chi connectivity index (χ0) is 50.2. The molecule has 0 bridgehead atoms. The van der Waals surface area contributed by atoms with Crippen LogP contribution >= 0.6 is 11.6 Å². The topological polar surface area (TPSA) is 219 Å². The molecule has 2 aromatic heterocycles. The molecule has 3 atom stereocenters. The van der Waals surface area contributed by atoms with Gasteiger partial charge in [-0.15, -0.1) is 0 Å². The maximum atomic E-state index is 14.6. The molecule has 5 aliphatic rings. The molecule has 18 nitrogen and oxygen atoms in total. The van der Waals surface area contributed by atoms with Crippen LogP contribution in [0.3, 0.4) is 0 Å². The van der Waals surface area contributed by atoms with Crippen molar-refractivity contribution < 1.29 is 47.7 Å². The Morgan fingerprint density at radius 3 is 2.58 bits per heavy atom. The zero-order valence-electron chi connectivity index (χ0n) is 40.6. The van der Waals surface area contributed by atoms with Crippen LogP contribution in [0.25, 0.3) is 16.6 Å². The van der Waals surface area contributed by atoms with Crippen LogP contribution in [-0.4, -0.2) is 136 Å². The first-order valence-corrected chi connectivity index (χ1v) is 26.7. The number of carbonyl (C=O) groups is 1. The van der Waals surface area contributed by atoms with Crippen molar-refractivity contribution in [3.05, 3.63) is 106 Å². The summed E-state index contributed by atoms with van der Waals surface area (Å²) in [7, 11) is -4.63. The summed E-state index contributed by atoms with van der Waals surface area (Å²) in [5.74, 6) is -0.534. The van der Waals surface area contributed by atoms with Gasteiger partial charge in [0.15, 0.2) is 5.69 Å². The van der Waals surface area contributed by atoms with Crippen LogP contribution in [0, 0.1) is 10.6 Å². The van der Waals surface area contributed by atoms with Crippen molar-refractivity contribution in [3.63, 3.8) is 0 Å². The number of hydrogen-bond acceptors (Lipinski definition) is 15. The van der Waals surface area contributed by atoms with Crippen molar-refractivity contribution >= 4 is 72.6 Å². The van der Waals surface area contributed by atoms with E-state index in [0.29, 0.717) is 106 Å².